The number of aryl methyl sites for hydroxylation is 3. The summed E-state index contributed by atoms with van der Waals surface area (Å²) in [7, 11) is 3.65. The molecule has 0 amide bonds. The van der Waals surface area contributed by atoms with Crippen LogP contribution in [0.25, 0.3) is 33.5 Å². The van der Waals surface area contributed by atoms with Crippen molar-refractivity contribution in [1.29, 1.82) is 0 Å². The lowest BCUT2D eigenvalue weighted by Gasteiger charge is -2.27. The van der Waals surface area contributed by atoms with E-state index in [0.717, 1.165) is 72.8 Å². The zero-order valence-electron chi connectivity index (χ0n) is 19.0. The van der Waals surface area contributed by atoms with Gasteiger partial charge in [0, 0.05) is 64.5 Å². The molecule has 0 aliphatic carbocycles. The molecule has 1 aliphatic rings. The lowest BCUT2D eigenvalue weighted by atomic mass is 10.0. The summed E-state index contributed by atoms with van der Waals surface area (Å²) in [5.74, 6) is 0. The first-order valence-electron chi connectivity index (χ1n) is 11.2. The van der Waals surface area contributed by atoms with Crippen molar-refractivity contribution in [3.05, 3.63) is 64.8 Å². The van der Waals surface area contributed by atoms with Gasteiger partial charge < -0.3 is 9.88 Å². The van der Waals surface area contributed by atoms with Crippen molar-refractivity contribution in [2.24, 2.45) is 14.1 Å². The Balaban J connectivity index is 1.61. The molecule has 4 aromatic rings. The van der Waals surface area contributed by atoms with E-state index in [9.17, 15) is 4.79 Å². The number of fused-ring (bicyclic) bond motifs is 1. The van der Waals surface area contributed by atoms with Gasteiger partial charge in [-0.2, -0.15) is 0 Å². The van der Waals surface area contributed by atoms with E-state index in [1.54, 1.807) is 9.13 Å². The molecule has 0 atom stereocenters. The Bertz CT molecular complexity index is 1320. The van der Waals surface area contributed by atoms with E-state index in [1.165, 1.54) is 5.56 Å². The third kappa shape index (κ3) is 3.67. The topological polar surface area (TPSA) is 60.0 Å². The van der Waals surface area contributed by atoms with Crippen LogP contribution < -0.4 is 11.0 Å². The normalized spacial score (nSPS) is 15.0. The Labute approximate surface area is 187 Å². The minimum absolute atomic E-state index is 0.0109. The molecule has 0 bridgehead atoms. The molecular weight excluding hydrogens is 400 g/mol. The molecular formula is C25H30N6O. The van der Waals surface area contributed by atoms with Crippen LogP contribution in [0.1, 0.15) is 5.56 Å². The Morgan fingerprint density at radius 2 is 1.72 bits per heavy atom. The largest absolute Gasteiger partial charge is 0.329 e. The Kier molecular flexibility index (Phi) is 5.45. The Hall–Kier alpha value is -3.16. The second kappa shape index (κ2) is 8.41. The number of hydrogen-bond acceptors (Lipinski definition) is 4. The number of rotatable bonds is 5. The summed E-state index contributed by atoms with van der Waals surface area (Å²) in [6, 6.07) is 14.8. The van der Waals surface area contributed by atoms with Gasteiger partial charge in [0.25, 0.3) is 0 Å². The molecule has 2 aromatic heterocycles. The molecule has 2 aromatic carbocycles. The third-order valence-electron chi connectivity index (χ3n) is 6.54. The number of hydrogen-bond donors (Lipinski definition) is 1. The van der Waals surface area contributed by atoms with Crippen molar-refractivity contribution in [3.8, 4) is 22.5 Å². The minimum atomic E-state index is -0.0109. The maximum Gasteiger partial charge on any atom is 0.328 e. The van der Waals surface area contributed by atoms with Crippen molar-refractivity contribution in [1.82, 2.24) is 28.9 Å². The van der Waals surface area contributed by atoms with Crippen LogP contribution in [0, 0.1) is 6.92 Å². The number of aromatic nitrogens is 4. The van der Waals surface area contributed by atoms with Gasteiger partial charge in [0.15, 0.2) is 0 Å². The van der Waals surface area contributed by atoms with E-state index in [0.29, 0.717) is 0 Å². The van der Waals surface area contributed by atoms with Crippen molar-refractivity contribution in [3.63, 3.8) is 0 Å². The average molecular weight is 431 g/mol. The monoisotopic (exact) mass is 430 g/mol. The first-order valence-corrected chi connectivity index (χ1v) is 11.2. The molecule has 166 valence electrons. The zero-order chi connectivity index (χ0) is 22.2. The second-order valence-corrected chi connectivity index (χ2v) is 8.70. The molecule has 7 nitrogen and oxygen atoms in total. The average Bonchev–Trinajstić information content (AvgIpc) is 3.33. The van der Waals surface area contributed by atoms with Gasteiger partial charge in [0.05, 0.1) is 28.7 Å². The first kappa shape index (κ1) is 20.7. The summed E-state index contributed by atoms with van der Waals surface area (Å²) in [6.45, 7) is 8.22. The van der Waals surface area contributed by atoms with Crippen molar-refractivity contribution >= 4 is 11.0 Å². The summed E-state index contributed by atoms with van der Waals surface area (Å²) in [4.78, 5) is 19.8. The predicted molar refractivity (Wildman–Crippen MR) is 129 cm³/mol. The van der Waals surface area contributed by atoms with Gasteiger partial charge in [-0.25, -0.2) is 9.78 Å². The maximum atomic E-state index is 12.5. The highest BCUT2D eigenvalue weighted by Gasteiger charge is 2.18. The van der Waals surface area contributed by atoms with Crippen LogP contribution >= 0.6 is 0 Å². The summed E-state index contributed by atoms with van der Waals surface area (Å²) in [5, 5.41) is 3.42. The van der Waals surface area contributed by atoms with Gasteiger partial charge in [-0.15, -0.1) is 0 Å². The van der Waals surface area contributed by atoms with Crippen molar-refractivity contribution < 1.29 is 0 Å². The summed E-state index contributed by atoms with van der Waals surface area (Å²) < 4.78 is 5.68. The van der Waals surface area contributed by atoms with E-state index in [-0.39, 0.29) is 5.69 Å². The van der Waals surface area contributed by atoms with E-state index in [2.05, 4.69) is 58.1 Å². The van der Waals surface area contributed by atoms with Crippen molar-refractivity contribution in [2.45, 2.75) is 13.5 Å². The molecule has 0 unspecified atom stereocenters. The molecule has 1 saturated heterocycles. The number of piperazine rings is 1. The van der Waals surface area contributed by atoms with Crippen molar-refractivity contribution in [2.75, 3.05) is 32.7 Å². The summed E-state index contributed by atoms with van der Waals surface area (Å²) in [6.07, 6.45) is 1.96. The number of nitrogens with one attached hydrogen (secondary N) is 1. The van der Waals surface area contributed by atoms with E-state index in [4.69, 9.17) is 4.98 Å². The quantitative estimate of drug-likeness (QED) is 0.529. The molecule has 0 radical (unpaired) electrons. The van der Waals surface area contributed by atoms with Crippen LogP contribution in [0.5, 0.6) is 0 Å². The maximum absolute atomic E-state index is 12.5. The molecule has 0 saturated carbocycles. The van der Waals surface area contributed by atoms with Gasteiger partial charge in [-0.1, -0.05) is 29.8 Å². The van der Waals surface area contributed by atoms with Crippen LogP contribution in [0.2, 0.25) is 0 Å². The number of imidazole rings is 2. The number of nitrogens with zero attached hydrogens (tertiary/aromatic N) is 5. The van der Waals surface area contributed by atoms with E-state index >= 15 is 0 Å². The fraction of sp³-hybridized carbons (Fsp3) is 0.360. The highest BCUT2D eigenvalue weighted by atomic mass is 16.1. The highest BCUT2D eigenvalue weighted by molar-refractivity contribution is 5.86. The van der Waals surface area contributed by atoms with Gasteiger partial charge in [0.2, 0.25) is 0 Å². The van der Waals surface area contributed by atoms with Gasteiger partial charge in [-0.05, 0) is 25.1 Å². The third-order valence-corrected chi connectivity index (χ3v) is 6.54. The van der Waals surface area contributed by atoms with Gasteiger partial charge in [-0.3, -0.25) is 14.0 Å². The van der Waals surface area contributed by atoms with Crippen LogP contribution in [-0.4, -0.2) is 56.3 Å². The highest BCUT2D eigenvalue weighted by Crippen LogP contribution is 2.33. The first-order chi connectivity index (χ1) is 15.5. The molecule has 0 spiro atoms. The molecule has 1 N–H and O–H groups in total. The predicted octanol–water partition coefficient (Wildman–Crippen LogP) is 2.62. The zero-order valence-corrected chi connectivity index (χ0v) is 19.0. The molecule has 7 heteroatoms. The molecule has 32 heavy (non-hydrogen) atoms. The molecule has 1 fully saturated rings. The number of benzene rings is 2. The Morgan fingerprint density at radius 3 is 2.50 bits per heavy atom. The summed E-state index contributed by atoms with van der Waals surface area (Å²) >= 11 is 0. The minimum Gasteiger partial charge on any atom is -0.329 e. The molecule has 3 heterocycles. The fourth-order valence-corrected chi connectivity index (χ4v) is 4.70. The smallest absolute Gasteiger partial charge is 0.328 e. The Morgan fingerprint density at radius 1 is 0.938 bits per heavy atom. The molecule has 1 aliphatic heterocycles. The van der Waals surface area contributed by atoms with Gasteiger partial charge >= 0.3 is 5.69 Å². The summed E-state index contributed by atoms with van der Waals surface area (Å²) in [5.41, 5.74) is 7.34. The fourth-order valence-electron chi connectivity index (χ4n) is 4.70. The lowest BCUT2D eigenvalue weighted by Crippen LogP contribution is -2.44. The lowest BCUT2D eigenvalue weighted by molar-refractivity contribution is 0.233. The van der Waals surface area contributed by atoms with E-state index in [1.807, 2.05) is 26.5 Å². The SMILES string of the molecule is Cc1cccc(-c2ncn(CCN3CCNCC3)c2-c2ccc3c(c2)n(C)c(=O)n3C)c1. The van der Waals surface area contributed by atoms with Crippen LogP contribution in [0.3, 0.4) is 0 Å². The van der Waals surface area contributed by atoms with Gasteiger partial charge in [0.1, 0.15) is 0 Å². The van der Waals surface area contributed by atoms with Crippen LogP contribution in [0.15, 0.2) is 53.6 Å². The molecule has 5 rings (SSSR count). The van der Waals surface area contributed by atoms with E-state index < -0.39 is 0 Å². The van der Waals surface area contributed by atoms with Crippen LogP contribution in [0.4, 0.5) is 0 Å². The second-order valence-electron chi connectivity index (χ2n) is 8.70. The standard InChI is InChI=1S/C25H30N6O/c1-18-5-4-6-19(15-18)23-24(31(17-27-23)14-13-30-11-9-26-10-12-30)20-7-8-21-22(16-20)29(3)25(32)28(21)2/h4-8,15-17,26H,9-14H2,1-3H3. The van der Waals surface area contributed by atoms with Crippen LogP contribution in [-0.2, 0) is 20.6 Å².